The van der Waals surface area contributed by atoms with Crippen LogP contribution in [0.5, 0.6) is 0 Å². The molecule has 1 aliphatic rings. The summed E-state index contributed by atoms with van der Waals surface area (Å²) in [6.07, 6.45) is 0. The zero-order valence-corrected chi connectivity index (χ0v) is 10.4. The number of nitrogens with one attached hydrogen (secondary N) is 1. The average Bonchev–Trinajstić information content (AvgIpc) is 2.36. The van der Waals surface area contributed by atoms with E-state index in [2.05, 4.69) is 10.2 Å². The highest BCUT2D eigenvalue weighted by molar-refractivity contribution is 5.77. The zero-order valence-electron chi connectivity index (χ0n) is 10.4. The highest BCUT2D eigenvalue weighted by Crippen LogP contribution is 1.94. The molecule has 1 heterocycles. The molecular weight excluding hydrogens is 224 g/mol. The normalized spacial score (nSPS) is 17.0. The van der Waals surface area contributed by atoms with Gasteiger partial charge in [-0.25, -0.2) is 0 Å². The molecule has 0 aliphatic carbocycles. The standard InChI is InChI=1S/C11H22N2O4/c1-15-8-9-17-10-11(14)12-2-3-13-4-6-16-7-5-13/h2-10H2,1H3,(H,12,14). The van der Waals surface area contributed by atoms with Gasteiger partial charge in [-0.1, -0.05) is 0 Å². The van der Waals surface area contributed by atoms with Gasteiger partial charge >= 0.3 is 0 Å². The van der Waals surface area contributed by atoms with Crippen LogP contribution in [0.15, 0.2) is 0 Å². The van der Waals surface area contributed by atoms with Gasteiger partial charge in [0.2, 0.25) is 5.91 Å². The van der Waals surface area contributed by atoms with Crippen molar-refractivity contribution in [3.8, 4) is 0 Å². The lowest BCUT2D eigenvalue weighted by atomic mass is 10.4. The molecule has 0 unspecified atom stereocenters. The van der Waals surface area contributed by atoms with E-state index in [1.807, 2.05) is 0 Å². The molecule has 1 fully saturated rings. The molecule has 0 bridgehead atoms. The van der Waals surface area contributed by atoms with Crippen molar-refractivity contribution in [1.29, 1.82) is 0 Å². The van der Waals surface area contributed by atoms with Crippen LogP contribution in [0.25, 0.3) is 0 Å². The maximum absolute atomic E-state index is 11.3. The first-order chi connectivity index (χ1) is 8.33. The number of morpholine rings is 1. The second-order valence-electron chi connectivity index (χ2n) is 3.85. The third-order valence-electron chi connectivity index (χ3n) is 2.52. The largest absolute Gasteiger partial charge is 0.382 e. The number of hydrogen-bond acceptors (Lipinski definition) is 5. The van der Waals surface area contributed by atoms with Crippen molar-refractivity contribution in [1.82, 2.24) is 10.2 Å². The van der Waals surface area contributed by atoms with Crippen molar-refractivity contribution in [3.63, 3.8) is 0 Å². The highest BCUT2D eigenvalue weighted by Gasteiger charge is 2.09. The van der Waals surface area contributed by atoms with Gasteiger partial charge < -0.3 is 19.5 Å². The number of methoxy groups -OCH3 is 1. The fraction of sp³-hybridized carbons (Fsp3) is 0.909. The highest BCUT2D eigenvalue weighted by atomic mass is 16.5. The maximum atomic E-state index is 11.3. The first kappa shape index (κ1) is 14.4. The minimum Gasteiger partial charge on any atom is -0.382 e. The summed E-state index contributed by atoms with van der Waals surface area (Å²) in [6.45, 7) is 6.06. The number of amides is 1. The van der Waals surface area contributed by atoms with E-state index >= 15 is 0 Å². The lowest BCUT2D eigenvalue weighted by Crippen LogP contribution is -2.42. The summed E-state index contributed by atoms with van der Waals surface area (Å²) in [5, 5.41) is 2.82. The first-order valence-electron chi connectivity index (χ1n) is 5.96. The number of rotatable bonds is 8. The van der Waals surface area contributed by atoms with Crippen LogP contribution in [0.1, 0.15) is 0 Å². The Balaban J connectivity index is 1.92. The Morgan fingerprint density at radius 3 is 2.82 bits per heavy atom. The van der Waals surface area contributed by atoms with Gasteiger partial charge in [0.1, 0.15) is 6.61 Å². The van der Waals surface area contributed by atoms with E-state index in [-0.39, 0.29) is 12.5 Å². The van der Waals surface area contributed by atoms with Gasteiger partial charge in [0.25, 0.3) is 0 Å². The fourth-order valence-electron chi connectivity index (χ4n) is 1.54. The second kappa shape index (κ2) is 9.35. The monoisotopic (exact) mass is 246 g/mol. The van der Waals surface area contributed by atoms with Gasteiger partial charge in [-0.05, 0) is 0 Å². The third-order valence-corrected chi connectivity index (χ3v) is 2.52. The topological polar surface area (TPSA) is 60.0 Å². The van der Waals surface area contributed by atoms with Crippen LogP contribution >= 0.6 is 0 Å². The first-order valence-corrected chi connectivity index (χ1v) is 5.96. The van der Waals surface area contributed by atoms with Crippen molar-refractivity contribution in [2.45, 2.75) is 0 Å². The summed E-state index contributed by atoms with van der Waals surface area (Å²) in [5.41, 5.74) is 0. The Morgan fingerprint density at radius 1 is 1.35 bits per heavy atom. The molecule has 100 valence electrons. The molecule has 0 aromatic heterocycles. The number of nitrogens with zero attached hydrogens (tertiary/aromatic N) is 1. The Bertz CT molecular complexity index is 208. The van der Waals surface area contributed by atoms with E-state index in [0.29, 0.717) is 19.8 Å². The summed E-state index contributed by atoms with van der Waals surface area (Å²) in [5.74, 6) is -0.0747. The van der Waals surface area contributed by atoms with Crippen LogP contribution < -0.4 is 5.32 Å². The van der Waals surface area contributed by atoms with E-state index < -0.39 is 0 Å². The van der Waals surface area contributed by atoms with Crippen LogP contribution in [0.4, 0.5) is 0 Å². The van der Waals surface area contributed by atoms with Crippen molar-refractivity contribution in [3.05, 3.63) is 0 Å². The van der Waals surface area contributed by atoms with Gasteiger partial charge in [0.15, 0.2) is 0 Å². The molecule has 0 aromatic carbocycles. The summed E-state index contributed by atoms with van der Waals surface area (Å²) >= 11 is 0. The molecule has 0 aromatic rings. The van der Waals surface area contributed by atoms with Gasteiger partial charge in [0, 0.05) is 33.3 Å². The van der Waals surface area contributed by atoms with E-state index in [1.54, 1.807) is 7.11 Å². The molecule has 1 N–H and O–H groups in total. The predicted octanol–water partition coefficient (Wildman–Crippen LogP) is -0.902. The molecule has 1 saturated heterocycles. The smallest absolute Gasteiger partial charge is 0.246 e. The molecule has 1 aliphatic heterocycles. The molecule has 1 amide bonds. The lowest BCUT2D eigenvalue weighted by Gasteiger charge is -2.26. The van der Waals surface area contributed by atoms with Crippen molar-refractivity contribution >= 4 is 5.91 Å². The Labute approximate surface area is 102 Å². The molecular formula is C11H22N2O4. The molecule has 6 heteroatoms. The Hall–Kier alpha value is -0.690. The van der Waals surface area contributed by atoms with Crippen LogP contribution in [-0.4, -0.2) is 77.1 Å². The average molecular weight is 246 g/mol. The Kier molecular flexibility index (Phi) is 7.91. The minimum absolute atomic E-state index is 0.0747. The molecule has 0 spiro atoms. The van der Waals surface area contributed by atoms with Crippen LogP contribution in [-0.2, 0) is 19.0 Å². The van der Waals surface area contributed by atoms with E-state index in [0.717, 1.165) is 32.8 Å². The number of carbonyl (C=O) groups excluding carboxylic acids is 1. The predicted molar refractivity (Wildman–Crippen MR) is 63.0 cm³/mol. The minimum atomic E-state index is -0.0747. The SMILES string of the molecule is COCCOCC(=O)NCCN1CCOCC1. The van der Waals surface area contributed by atoms with E-state index in [1.165, 1.54) is 0 Å². The van der Waals surface area contributed by atoms with Gasteiger partial charge in [-0.3, -0.25) is 9.69 Å². The van der Waals surface area contributed by atoms with Crippen LogP contribution in [0.2, 0.25) is 0 Å². The quantitative estimate of drug-likeness (QED) is 0.562. The van der Waals surface area contributed by atoms with Gasteiger partial charge in [-0.2, -0.15) is 0 Å². The third kappa shape index (κ3) is 7.27. The fourth-order valence-corrected chi connectivity index (χ4v) is 1.54. The Morgan fingerprint density at radius 2 is 2.12 bits per heavy atom. The van der Waals surface area contributed by atoms with Crippen LogP contribution in [0.3, 0.4) is 0 Å². The van der Waals surface area contributed by atoms with Crippen molar-refractivity contribution < 1.29 is 19.0 Å². The molecule has 0 saturated carbocycles. The summed E-state index contributed by atoms with van der Waals surface area (Å²) in [7, 11) is 1.60. The number of ether oxygens (including phenoxy) is 3. The molecule has 1 rings (SSSR count). The van der Waals surface area contributed by atoms with E-state index in [9.17, 15) is 4.79 Å². The summed E-state index contributed by atoms with van der Waals surface area (Å²) in [4.78, 5) is 13.6. The van der Waals surface area contributed by atoms with Crippen molar-refractivity contribution in [2.75, 3.05) is 66.3 Å². The molecule has 0 atom stereocenters. The number of hydrogen-bond donors (Lipinski definition) is 1. The van der Waals surface area contributed by atoms with Gasteiger partial charge in [-0.15, -0.1) is 0 Å². The maximum Gasteiger partial charge on any atom is 0.246 e. The molecule has 17 heavy (non-hydrogen) atoms. The zero-order chi connectivity index (χ0) is 12.3. The lowest BCUT2D eigenvalue weighted by molar-refractivity contribution is -0.126. The van der Waals surface area contributed by atoms with Crippen molar-refractivity contribution in [2.24, 2.45) is 0 Å². The second-order valence-corrected chi connectivity index (χ2v) is 3.85. The molecule has 0 radical (unpaired) electrons. The summed E-state index contributed by atoms with van der Waals surface area (Å²) < 4.78 is 15.2. The van der Waals surface area contributed by atoms with Gasteiger partial charge in [0.05, 0.1) is 26.4 Å². The van der Waals surface area contributed by atoms with E-state index in [4.69, 9.17) is 14.2 Å². The molecule has 6 nitrogen and oxygen atoms in total. The number of carbonyl (C=O) groups is 1. The summed E-state index contributed by atoms with van der Waals surface area (Å²) in [6, 6.07) is 0. The van der Waals surface area contributed by atoms with Crippen LogP contribution in [0, 0.1) is 0 Å².